The van der Waals surface area contributed by atoms with Crippen molar-refractivity contribution in [3.8, 4) is 0 Å². The van der Waals surface area contributed by atoms with Crippen LogP contribution in [-0.2, 0) is 4.79 Å². The Bertz CT molecular complexity index is 509. The highest BCUT2D eigenvalue weighted by molar-refractivity contribution is 7.13. The molecule has 1 saturated carbocycles. The summed E-state index contributed by atoms with van der Waals surface area (Å²) in [5.41, 5.74) is -0.367. The van der Waals surface area contributed by atoms with Gasteiger partial charge in [-0.25, -0.2) is 4.79 Å². The summed E-state index contributed by atoms with van der Waals surface area (Å²) in [7, 11) is 0. The number of rotatable bonds is 4. The second kappa shape index (κ2) is 4.55. The molecule has 0 saturated heterocycles. The van der Waals surface area contributed by atoms with Crippen molar-refractivity contribution >= 4 is 34.8 Å². The van der Waals surface area contributed by atoms with Crippen LogP contribution >= 0.6 is 22.9 Å². The van der Waals surface area contributed by atoms with E-state index in [-0.39, 0.29) is 5.92 Å². The number of carboxylic acid groups (broad SMARTS) is 1. The maximum atomic E-state index is 12.1. The minimum atomic E-state index is -1.20. The standard InChI is InChI=1S/C12H14ClNO3S/c1-6-5-18-9(8(6)13)10(15)14-12(2,11(16)17)7-3-4-7/h5,7H,3-4H2,1-2H3,(H,14,15)(H,16,17). The molecule has 4 nitrogen and oxygen atoms in total. The van der Waals surface area contributed by atoms with Gasteiger partial charge in [-0.05, 0) is 43.6 Å². The molecule has 2 N–H and O–H groups in total. The highest BCUT2D eigenvalue weighted by Gasteiger charge is 2.48. The van der Waals surface area contributed by atoms with E-state index in [0.29, 0.717) is 9.90 Å². The van der Waals surface area contributed by atoms with Crippen molar-refractivity contribution in [2.75, 3.05) is 0 Å². The predicted molar refractivity (Wildman–Crippen MR) is 70.3 cm³/mol. The molecule has 1 heterocycles. The van der Waals surface area contributed by atoms with E-state index in [1.165, 1.54) is 11.3 Å². The van der Waals surface area contributed by atoms with E-state index < -0.39 is 17.4 Å². The monoisotopic (exact) mass is 287 g/mol. The molecule has 0 spiro atoms. The summed E-state index contributed by atoms with van der Waals surface area (Å²) >= 11 is 7.24. The van der Waals surface area contributed by atoms with Gasteiger partial charge in [0.2, 0.25) is 0 Å². The molecule has 0 aromatic carbocycles. The molecule has 2 rings (SSSR count). The average Bonchev–Trinajstić information content (AvgIpc) is 3.08. The lowest BCUT2D eigenvalue weighted by atomic mass is 9.96. The van der Waals surface area contributed by atoms with Crippen molar-refractivity contribution < 1.29 is 14.7 Å². The molecule has 18 heavy (non-hydrogen) atoms. The first-order valence-corrected chi connectivity index (χ1v) is 6.91. The number of aryl methyl sites for hydroxylation is 1. The number of hydrogen-bond donors (Lipinski definition) is 2. The Morgan fingerprint density at radius 2 is 2.17 bits per heavy atom. The van der Waals surface area contributed by atoms with Crippen molar-refractivity contribution in [3.05, 3.63) is 20.8 Å². The van der Waals surface area contributed by atoms with Gasteiger partial charge in [-0.15, -0.1) is 11.3 Å². The minimum absolute atomic E-state index is 0.0128. The molecule has 0 bridgehead atoms. The topological polar surface area (TPSA) is 66.4 Å². The average molecular weight is 288 g/mol. The highest BCUT2D eigenvalue weighted by Crippen LogP contribution is 2.40. The van der Waals surface area contributed by atoms with Crippen molar-refractivity contribution in [3.63, 3.8) is 0 Å². The summed E-state index contributed by atoms with van der Waals surface area (Å²) in [6, 6.07) is 0. The Morgan fingerprint density at radius 1 is 1.56 bits per heavy atom. The van der Waals surface area contributed by atoms with Gasteiger partial charge in [0.15, 0.2) is 0 Å². The van der Waals surface area contributed by atoms with Crippen molar-refractivity contribution in [2.24, 2.45) is 5.92 Å². The normalized spacial score (nSPS) is 18.2. The lowest BCUT2D eigenvalue weighted by Gasteiger charge is -2.25. The number of carbonyl (C=O) groups excluding carboxylic acids is 1. The van der Waals surface area contributed by atoms with Crippen LogP contribution < -0.4 is 5.32 Å². The van der Waals surface area contributed by atoms with E-state index >= 15 is 0 Å². The number of amides is 1. The van der Waals surface area contributed by atoms with E-state index in [0.717, 1.165) is 18.4 Å². The molecular formula is C12H14ClNO3S. The van der Waals surface area contributed by atoms with Gasteiger partial charge < -0.3 is 10.4 Å². The Hall–Kier alpha value is -1.07. The molecule has 1 fully saturated rings. The van der Waals surface area contributed by atoms with Gasteiger partial charge in [0.1, 0.15) is 10.4 Å². The Balaban J connectivity index is 2.20. The SMILES string of the molecule is Cc1csc(C(=O)NC(C)(C(=O)O)C2CC2)c1Cl. The fourth-order valence-corrected chi connectivity index (χ4v) is 3.04. The Kier molecular flexibility index (Phi) is 3.38. The van der Waals surface area contributed by atoms with Gasteiger partial charge in [0.05, 0.1) is 5.02 Å². The first-order valence-electron chi connectivity index (χ1n) is 5.65. The lowest BCUT2D eigenvalue weighted by molar-refractivity contribution is -0.144. The summed E-state index contributed by atoms with van der Waals surface area (Å²) in [5.74, 6) is -1.39. The molecule has 1 aromatic heterocycles. The molecule has 98 valence electrons. The van der Waals surface area contributed by atoms with Crippen LogP contribution in [0.25, 0.3) is 0 Å². The lowest BCUT2D eigenvalue weighted by Crippen LogP contribution is -2.53. The van der Waals surface area contributed by atoms with Crippen molar-refractivity contribution in [2.45, 2.75) is 32.2 Å². The third kappa shape index (κ3) is 2.24. The molecule has 1 aliphatic rings. The van der Waals surface area contributed by atoms with Crippen LogP contribution in [0.3, 0.4) is 0 Å². The van der Waals surface area contributed by atoms with Crippen molar-refractivity contribution in [1.29, 1.82) is 0 Å². The molecule has 1 unspecified atom stereocenters. The summed E-state index contributed by atoms with van der Waals surface area (Å²) in [6.45, 7) is 3.37. The predicted octanol–water partition coefficient (Wildman–Crippen LogP) is 2.69. The number of thiophene rings is 1. The van der Waals surface area contributed by atoms with Crippen LogP contribution in [0.2, 0.25) is 5.02 Å². The summed E-state index contributed by atoms with van der Waals surface area (Å²) in [4.78, 5) is 23.8. The number of hydrogen-bond acceptors (Lipinski definition) is 3. The van der Waals surface area contributed by atoms with Crippen LogP contribution in [0.5, 0.6) is 0 Å². The van der Waals surface area contributed by atoms with Gasteiger partial charge in [-0.2, -0.15) is 0 Å². The number of carbonyl (C=O) groups is 2. The molecule has 0 radical (unpaired) electrons. The van der Waals surface area contributed by atoms with Gasteiger partial charge in [0.25, 0.3) is 5.91 Å². The van der Waals surface area contributed by atoms with E-state index in [2.05, 4.69) is 5.32 Å². The second-order valence-corrected chi connectivity index (χ2v) is 6.06. The third-order valence-corrected chi connectivity index (χ3v) is 5.01. The highest BCUT2D eigenvalue weighted by atomic mass is 35.5. The quantitative estimate of drug-likeness (QED) is 0.895. The summed E-state index contributed by atoms with van der Waals surface area (Å²) in [6.07, 6.45) is 1.67. The third-order valence-electron chi connectivity index (χ3n) is 3.32. The maximum Gasteiger partial charge on any atom is 0.329 e. The Morgan fingerprint density at radius 3 is 2.56 bits per heavy atom. The van der Waals surface area contributed by atoms with Gasteiger partial charge in [-0.3, -0.25) is 4.79 Å². The molecule has 1 aromatic rings. The van der Waals surface area contributed by atoms with Crippen molar-refractivity contribution in [1.82, 2.24) is 5.32 Å². The number of halogens is 1. The molecule has 1 atom stereocenters. The minimum Gasteiger partial charge on any atom is -0.480 e. The number of carboxylic acids is 1. The van der Waals surface area contributed by atoms with E-state index in [4.69, 9.17) is 11.6 Å². The second-order valence-electron chi connectivity index (χ2n) is 4.80. The molecule has 0 aliphatic heterocycles. The fraction of sp³-hybridized carbons (Fsp3) is 0.500. The van der Waals surface area contributed by atoms with E-state index in [9.17, 15) is 14.7 Å². The molecule has 1 aliphatic carbocycles. The zero-order chi connectivity index (χ0) is 13.5. The van der Waals surface area contributed by atoms with Gasteiger partial charge in [-0.1, -0.05) is 11.6 Å². The van der Waals surface area contributed by atoms with Crippen LogP contribution in [0.4, 0.5) is 0 Å². The molecular weight excluding hydrogens is 274 g/mol. The van der Waals surface area contributed by atoms with Crippen LogP contribution in [0.1, 0.15) is 35.0 Å². The maximum absolute atomic E-state index is 12.1. The number of aliphatic carboxylic acids is 1. The summed E-state index contributed by atoms with van der Waals surface area (Å²) < 4.78 is 0. The number of nitrogens with one attached hydrogen (secondary N) is 1. The van der Waals surface area contributed by atoms with Gasteiger partial charge >= 0.3 is 5.97 Å². The fourth-order valence-electron chi connectivity index (χ4n) is 1.87. The van der Waals surface area contributed by atoms with E-state index in [1.54, 1.807) is 12.3 Å². The Labute approximate surface area is 114 Å². The largest absolute Gasteiger partial charge is 0.480 e. The zero-order valence-electron chi connectivity index (χ0n) is 10.1. The van der Waals surface area contributed by atoms with Crippen LogP contribution in [0.15, 0.2) is 5.38 Å². The van der Waals surface area contributed by atoms with E-state index in [1.807, 2.05) is 6.92 Å². The smallest absolute Gasteiger partial charge is 0.329 e. The van der Waals surface area contributed by atoms with Gasteiger partial charge in [0, 0.05) is 0 Å². The molecule has 1 amide bonds. The first-order chi connectivity index (χ1) is 8.36. The summed E-state index contributed by atoms with van der Waals surface area (Å²) in [5, 5.41) is 14.1. The first kappa shape index (κ1) is 13.4. The zero-order valence-corrected chi connectivity index (χ0v) is 11.7. The van der Waals surface area contributed by atoms with Crippen LogP contribution in [0, 0.1) is 12.8 Å². The molecule has 6 heteroatoms. The van der Waals surface area contributed by atoms with Crippen LogP contribution in [-0.4, -0.2) is 22.5 Å².